The molecular weight excluding hydrogens is 440 g/mol. The molecular formula is C26H22N8O. The third-order valence-electron chi connectivity index (χ3n) is 5.52. The number of amides is 1. The minimum Gasteiger partial charge on any atom is -0.321 e. The maximum Gasteiger partial charge on any atom is 0.255 e. The number of nitriles is 2. The van der Waals surface area contributed by atoms with Gasteiger partial charge in [0.2, 0.25) is 0 Å². The fourth-order valence-electron chi connectivity index (χ4n) is 3.47. The summed E-state index contributed by atoms with van der Waals surface area (Å²) in [5.41, 5.74) is 3.89. The summed E-state index contributed by atoms with van der Waals surface area (Å²) in [5, 5.41) is 26.2. The molecule has 0 saturated carbocycles. The van der Waals surface area contributed by atoms with E-state index >= 15 is 0 Å². The first-order valence-corrected chi connectivity index (χ1v) is 10.8. The molecule has 0 saturated heterocycles. The quantitative estimate of drug-likeness (QED) is 0.468. The van der Waals surface area contributed by atoms with Crippen molar-refractivity contribution < 1.29 is 4.79 Å². The molecule has 9 nitrogen and oxygen atoms in total. The number of carbonyl (C=O) groups is 1. The third-order valence-corrected chi connectivity index (χ3v) is 5.52. The van der Waals surface area contributed by atoms with E-state index in [0.717, 1.165) is 17.0 Å². The Bertz CT molecular complexity index is 1520. The molecule has 0 atom stereocenters. The van der Waals surface area contributed by atoms with Crippen LogP contribution in [0, 0.1) is 36.5 Å². The lowest BCUT2D eigenvalue weighted by atomic mass is 9.90. The molecule has 0 aliphatic heterocycles. The first kappa shape index (κ1) is 23.3. The van der Waals surface area contributed by atoms with E-state index in [2.05, 4.69) is 37.5 Å². The normalized spacial score (nSPS) is 10.9. The van der Waals surface area contributed by atoms with Crippen molar-refractivity contribution in [3.63, 3.8) is 0 Å². The van der Waals surface area contributed by atoms with Crippen LogP contribution >= 0.6 is 0 Å². The van der Waals surface area contributed by atoms with Crippen molar-refractivity contribution in [2.75, 3.05) is 5.32 Å². The van der Waals surface area contributed by atoms with Gasteiger partial charge in [-0.2, -0.15) is 15.6 Å². The highest BCUT2D eigenvalue weighted by molar-refractivity contribution is 6.04. The Hall–Kier alpha value is -4.89. The molecule has 4 heterocycles. The minimum atomic E-state index is -0.818. The van der Waals surface area contributed by atoms with Gasteiger partial charge < -0.3 is 5.32 Å². The lowest BCUT2D eigenvalue weighted by molar-refractivity contribution is 0.102. The second-order valence-electron chi connectivity index (χ2n) is 8.59. The fourth-order valence-corrected chi connectivity index (χ4v) is 3.47. The van der Waals surface area contributed by atoms with Crippen molar-refractivity contribution in [1.29, 1.82) is 10.5 Å². The Morgan fingerprint density at radius 3 is 2.54 bits per heavy atom. The first-order valence-electron chi connectivity index (χ1n) is 10.8. The predicted molar refractivity (Wildman–Crippen MR) is 130 cm³/mol. The fraction of sp³-hybridized carbons (Fsp3) is 0.192. The van der Waals surface area contributed by atoms with Crippen molar-refractivity contribution >= 4 is 11.6 Å². The van der Waals surface area contributed by atoms with Crippen molar-refractivity contribution in [1.82, 2.24) is 24.7 Å². The predicted octanol–water partition coefficient (Wildman–Crippen LogP) is 4.27. The smallest absolute Gasteiger partial charge is 0.255 e. The maximum atomic E-state index is 12.9. The van der Waals surface area contributed by atoms with Crippen LogP contribution in [0.1, 0.15) is 46.9 Å². The number of hydrogen-bond acceptors (Lipinski definition) is 7. The third kappa shape index (κ3) is 4.75. The van der Waals surface area contributed by atoms with Gasteiger partial charge in [-0.25, -0.2) is 9.67 Å². The summed E-state index contributed by atoms with van der Waals surface area (Å²) in [7, 11) is 0. The average molecular weight is 463 g/mol. The first-order chi connectivity index (χ1) is 16.7. The number of nitrogens with zero attached hydrogens (tertiary/aromatic N) is 7. The molecule has 4 rings (SSSR count). The van der Waals surface area contributed by atoms with Crippen LogP contribution in [-0.4, -0.2) is 30.6 Å². The minimum absolute atomic E-state index is 0.348. The van der Waals surface area contributed by atoms with Gasteiger partial charge in [0, 0.05) is 41.0 Å². The highest BCUT2D eigenvalue weighted by Gasteiger charge is 2.22. The lowest BCUT2D eigenvalue weighted by Crippen LogP contribution is -2.18. The van der Waals surface area contributed by atoms with E-state index in [0.29, 0.717) is 33.9 Å². The van der Waals surface area contributed by atoms with E-state index in [4.69, 9.17) is 0 Å². The molecule has 0 bridgehead atoms. The lowest BCUT2D eigenvalue weighted by Gasteiger charge is -2.15. The Kier molecular flexibility index (Phi) is 6.09. The van der Waals surface area contributed by atoms with Crippen LogP contribution in [0.4, 0.5) is 5.69 Å². The highest BCUT2D eigenvalue weighted by atomic mass is 16.1. The molecule has 0 radical (unpaired) electrons. The number of aryl methyl sites for hydroxylation is 2. The largest absolute Gasteiger partial charge is 0.321 e. The summed E-state index contributed by atoms with van der Waals surface area (Å²) >= 11 is 0. The monoisotopic (exact) mass is 462 g/mol. The molecule has 0 fully saturated rings. The van der Waals surface area contributed by atoms with Gasteiger partial charge >= 0.3 is 0 Å². The number of aromatic nitrogens is 5. The molecule has 35 heavy (non-hydrogen) atoms. The molecule has 1 N–H and O–H groups in total. The Labute approximate surface area is 202 Å². The Balaban J connectivity index is 1.64. The summed E-state index contributed by atoms with van der Waals surface area (Å²) in [4.78, 5) is 26.0. The van der Waals surface area contributed by atoms with E-state index in [-0.39, 0.29) is 5.91 Å². The highest BCUT2D eigenvalue weighted by Crippen LogP contribution is 2.27. The van der Waals surface area contributed by atoms with Crippen LogP contribution in [0.2, 0.25) is 0 Å². The molecule has 9 heteroatoms. The van der Waals surface area contributed by atoms with Crippen molar-refractivity contribution in [3.05, 3.63) is 83.3 Å². The zero-order chi connectivity index (χ0) is 25.2. The van der Waals surface area contributed by atoms with Gasteiger partial charge in [-0.1, -0.05) is 0 Å². The number of rotatable bonds is 5. The topological polar surface area (TPSA) is 133 Å². The standard InChI is InChI=1S/C26H22N8O/c1-16-6-8-34(33-16)24-19(12-27)9-20(13-31-24)22-11-21(14-30-17(22)2)32-25(35)18-5-7-29-23(10-18)26(3,4)15-28/h5-11,13-14H,1-4H3,(H,32,35). The molecule has 1 amide bonds. The van der Waals surface area contributed by atoms with E-state index in [1.54, 1.807) is 61.4 Å². The molecule has 4 aromatic rings. The van der Waals surface area contributed by atoms with Gasteiger partial charge in [0.15, 0.2) is 5.82 Å². The zero-order valence-electron chi connectivity index (χ0n) is 19.7. The van der Waals surface area contributed by atoms with Gasteiger partial charge in [-0.3, -0.25) is 14.8 Å². The van der Waals surface area contributed by atoms with E-state index in [1.807, 2.05) is 19.9 Å². The van der Waals surface area contributed by atoms with Crippen molar-refractivity contribution in [2.45, 2.75) is 33.1 Å². The van der Waals surface area contributed by atoms with Gasteiger partial charge in [0.25, 0.3) is 5.91 Å². The molecule has 0 spiro atoms. The second kappa shape index (κ2) is 9.16. The Morgan fingerprint density at radius 1 is 1.06 bits per heavy atom. The molecule has 0 aliphatic rings. The van der Waals surface area contributed by atoms with Gasteiger partial charge in [0.1, 0.15) is 6.07 Å². The maximum absolute atomic E-state index is 12.9. The SMILES string of the molecule is Cc1ccn(-c2ncc(-c3cc(NC(=O)c4ccnc(C(C)(C)C#N)c4)cnc3C)cc2C#N)n1. The van der Waals surface area contributed by atoms with Crippen molar-refractivity contribution in [3.8, 4) is 29.1 Å². The van der Waals surface area contributed by atoms with Crippen LogP contribution in [0.3, 0.4) is 0 Å². The van der Waals surface area contributed by atoms with Crippen LogP contribution in [0.25, 0.3) is 16.9 Å². The number of nitrogens with one attached hydrogen (secondary N) is 1. The van der Waals surface area contributed by atoms with Crippen LogP contribution < -0.4 is 5.32 Å². The van der Waals surface area contributed by atoms with E-state index in [1.165, 1.54) is 6.20 Å². The molecule has 0 aromatic carbocycles. The Morgan fingerprint density at radius 2 is 1.86 bits per heavy atom. The summed E-state index contributed by atoms with van der Waals surface area (Å²) in [5.74, 6) is 0.0902. The van der Waals surface area contributed by atoms with Crippen LogP contribution in [-0.2, 0) is 5.41 Å². The van der Waals surface area contributed by atoms with E-state index in [9.17, 15) is 15.3 Å². The second-order valence-corrected chi connectivity index (χ2v) is 8.59. The average Bonchev–Trinajstić information content (AvgIpc) is 3.30. The number of hydrogen-bond donors (Lipinski definition) is 1. The number of anilines is 1. The van der Waals surface area contributed by atoms with Gasteiger partial charge in [0.05, 0.1) is 40.3 Å². The van der Waals surface area contributed by atoms with Gasteiger partial charge in [-0.05, 0) is 58.0 Å². The number of carbonyl (C=O) groups excluding carboxylic acids is 1. The van der Waals surface area contributed by atoms with Crippen LogP contribution in [0.5, 0.6) is 0 Å². The summed E-state index contributed by atoms with van der Waals surface area (Å²) in [6.07, 6.45) is 6.49. The van der Waals surface area contributed by atoms with E-state index < -0.39 is 5.41 Å². The molecule has 0 aliphatic carbocycles. The summed E-state index contributed by atoms with van der Waals surface area (Å²) < 4.78 is 1.57. The molecule has 0 unspecified atom stereocenters. The van der Waals surface area contributed by atoms with Crippen LogP contribution in [0.15, 0.2) is 55.1 Å². The summed E-state index contributed by atoms with van der Waals surface area (Å²) in [6.45, 7) is 7.20. The summed E-state index contributed by atoms with van der Waals surface area (Å²) in [6, 6.07) is 12.9. The van der Waals surface area contributed by atoms with Gasteiger partial charge in [-0.15, -0.1) is 0 Å². The molecule has 4 aromatic heterocycles. The number of pyridine rings is 3. The van der Waals surface area contributed by atoms with Crippen molar-refractivity contribution in [2.24, 2.45) is 0 Å². The molecule has 172 valence electrons. The zero-order valence-corrected chi connectivity index (χ0v) is 19.7.